The van der Waals surface area contributed by atoms with Gasteiger partial charge in [-0.1, -0.05) is 43.6 Å². The molecular weight excluding hydrogens is 556 g/mol. The number of urea groups is 1. The molecule has 1 atom stereocenters. The van der Waals surface area contributed by atoms with E-state index in [1.54, 1.807) is 40.5 Å². The molecule has 41 heavy (non-hydrogen) atoms. The van der Waals surface area contributed by atoms with Gasteiger partial charge >= 0.3 is 6.03 Å². The minimum atomic E-state index is -0.300. The van der Waals surface area contributed by atoms with Gasteiger partial charge in [-0.2, -0.15) is 0 Å². The third-order valence-corrected chi connectivity index (χ3v) is 9.18. The number of hydrogen-bond donors (Lipinski definition) is 1. The van der Waals surface area contributed by atoms with Crippen LogP contribution in [0.5, 0.6) is 5.75 Å². The molecular formula is C32H39ClN4O3S. The largest absolute Gasteiger partial charge is 0.491 e. The highest BCUT2D eigenvalue weighted by molar-refractivity contribution is 7.10. The normalized spacial score (nSPS) is 17.0. The Morgan fingerprint density at radius 1 is 1.10 bits per heavy atom. The van der Waals surface area contributed by atoms with Crippen molar-refractivity contribution in [3.8, 4) is 5.75 Å². The third kappa shape index (κ3) is 7.61. The number of carbonyl (C=O) groups excluding carboxylic acids is 2. The van der Waals surface area contributed by atoms with Gasteiger partial charge in [0.1, 0.15) is 18.9 Å². The van der Waals surface area contributed by atoms with E-state index in [9.17, 15) is 9.59 Å². The fraction of sp³-hybridized carbons (Fsp3) is 0.438. The van der Waals surface area contributed by atoms with Gasteiger partial charge in [0, 0.05) is 35.2 Å². The van der Waals surface area contributed by atoms with Crippen LogP contribution >= 0.6 is 22.9 Å². The number of benzene rings is 2. The number of carbonyl (C=O) groups is 2. The first-order chi connectivity index (χ1) is 19.9. The summed E-state index contributed by atoms with van der Waals surface area (Å²) in [5.74, 6) is 1.17. The van der Waals surface area contributed by atoms with Crippen LogP contribution in [0.3, 0.4) is 0 Å². The van der Waals surface area contributed by atoms with E-state index in [4.69, 9.17) is 16.3 Å². The highest BCUT2D eigenvalue weighted by atomic mass is 35.5. The van der Waals surface area contributed by atoms with Gasteiger partial charge < -0.3 is 24.8 Å². The summed E-state index contributed by atoms with van der Waals surface area (Å²) in [4.78, 5) is 34.5. The smallest absolute Gasteiger partial charge is 0.322 e. The number of halogens is 1. The summed E-state index contributed by atoms with van der Waals surface area (Å²) < 4.78 is 6.24. The Morgan fingerprint density at radius 3 is 2.61 bits per heavy atom. The molecule has 1 N–H and O–H groups in total. The van der Waals surface area contributed by atoms with Gasteiger partial charge in [0.15, 0.2) is 0 Å². The van der Waals surface area contributed by atoms with Crippen LogP contribution in [0.15, 0.2) is 60.0 Å². The van der Waals surface area contributed by atoms with Gasteiger partial charge in [-0.3, -0.25) is 4.79 Å². The second-order valence-electron chi connectivity index (χ2n) is 11.1. The van der Waals surface area contributed by atoms with Crippen molar-refractivity contribution >= 4 is 40.6 Å². The van der Waals surface area contributed by atoms with Crippen LogP contribution in [0, 0.1) is 0 Å². The van der Waals surface area contributed by atoms with Gasteiger partial charge in [-0.25, -0.2) is 4.79 Å². The molecule has 218 valence electrons. The lowest BCUT2D eigenvalue weighted by molar-refractivity contribution is -0.135. The van der Waals surface area contributed by atoms with Crippen molar-refractivity contribution in [2.45, 2.75) is 45.1 Å². The molecule has 0 spiro atoms. The second-order valence-corrected chi connectivity index (χ2v) is 12.5. The number of likely N-dealkylation sites (tertiary alicyclic amines) is 1. The van der Waals surface area contributed by atoms with Crippen molar-refractivity contribution in [2.24, 2.45) is 0 Å². The summed E-state index contributed by atoms with van der Waals surface area (Å²) in [5.41, 5.74) is 3.01. The molecule has 3 aromatic rings. The van der Waals surface area contributed by atoms with Crippen molar-refractivity contribution in [1.82, 2.24) is 14.7 Å². The Kier molecular flexibility index (Phi) is 9.85. The minimum Gasteiger partial charge on any atom is -0.491 e. The quantitative estimate of drug-likeness (QED) is 0.285. The second kappa shape index (κ2) is 13.7. The van der Waals surface area contributed by atoms with Crippen LogP contribution in [0.2, 0.25) is 5.02 Å². The highest BCUT2D eigenvalue weighted by Crippen LogP contribution is 2.34. The van der Waals surface area contributed by atoms with Crippen molar-refractivity contribution in [2.75, 3.05) is 51.2 Å². The van der Waals surface area contributed by atoms with E-state index >= 15 is 0 Å². The number of nitrogens with one attached hydrogen (secondary N) is 1. The number of anilines is 1. The molecule has 2 aliphatic heterocycles. The SMILES string of the molecule is CC(C)c1ccc(OCC2c3ccsc3CCN2C(=O)CN(CCN2CCCC2)C(=O)Nc2cccc(Cl)c2)cc1. The molecule has 2 aromatic carbocycles. The van der Waals surface area contributed by atoms with Gasteiger partial charge in [0.25, 0.3) is 0 Å². The maximum absolute atomic E-state index is 13.9. The molecule has 3 heterocycles. The lowest BCUT2D eigenvalue weighted by atomic mass is 10.00. The first-order valence-electron chi connectivity index (χ1n) is 14.5. The standard InChI is InChI=1S/C32H39ClN4O3S/c1-23(2)24-8-10-27(11-9-24)40-22-29-28-13-19-41-30(28)12-16-37(29)31(38)21-36(18-17-35-14-3-4-15-35)32(39)34-26-7-5-6-25(33)20-26/h5-11,13,19-20,23,29H,3-4,12,14-18,21-22H2,1-2H3,(H,34,39). The lowest BCUT2D eigenvalue weighted by Gasteiger charge is -2.37. The molecule has 1 unspecified atom stereocenters. The number of rotatable bonds is 10. The van der Waals surface area contributed by atoms with Crippen LogP contribution in [0.1, 0.15) is 54.7 Å². The van der Waals surface area contributed by atoms with Crippen molar-refractivity contribution in [3.63, 3.8) is 0 Å². The van der Waals surface area contributed by atoms with E-state index in [2.05, 4.69) is 47.6 Å². The Morgan fingerprint density at radius 2 is 1.88 bits per heavy atom. The van der Waals surface area contributed by atoms with E-state index in [1.165, 1.54) is 23.3 Å². The third-order valence-electron chi connectivity index (χ3n) is 7.94. The van der Waals surface area contributed by atoms with Crippen LogP contribution in [0.25, 0.3) is 0 Å². The fourth-order valence-electron chi connectivity index (χ4n) is 5.54. The molecule has 1 saturated heterocycles. The molecule has 3 amide bonds. The van der Waals surface area contributed by atoms with Crippen LogP contribution < -0.4 is 10.1 Å². The molecule has 9 heteroatoms. The lowest BCUT2D eigenvalue weighted by Crippen LogP contribution is -2.50. The molecule has 1 aromatic heterocycles. The Bertz CT molecular complexity index is 1320. The first-order valence-corrected chi connectivity index (χ1v) is 15.8. The average Bonchev–Trinajstić information content (AvgIpc) is 3.66. The summed E-state index contributed by atoms with van der Waals surface area (Å²) in [6.07, 6.45) is 3.15. The summed E-state index contributed by atoms with van der Waals surface area (Å²) in [7, 11) is 0. The van der Waals surface area contributed by atoms with E-state index in [0.29, 0.717) is 36.3 Å². The zero-order valence-corrected chi connectivity index (χ0v) is 25.4. The number of ether oxygens (including phenoxy) is 1. The molecule has 7 nitrogen and oxygen atoms in total. The number of thiophene rings is 1. The van der Waals surface area contributed by atoms with E-state index in [-0.39, 0.29) is 24.5 Å². The molecule has 0 aliphatic carbocycles. The highest BCUT2D eigenvalue weighted by Gasteiger charge is 2.33. The van der Waals surface area contributed by atoms with Gasteiger partial charge in [-0.05, 0) is 91.2 Å². The zero-order valence-electron chi connectivity index (χ0n) is 23.9. The number of fused-ring (bicyclic) bond motifs is 1. The number of amides is 3. The summed E-state index contributed by atoms with van der Waals surface area (Å²) in [6, 6.07) is 16.9. The van der Waals surface area contributed by atoms with Crippen molar-refractivity contribution in [1.29, 1.82) is 0 Å². The van der Waals surface area contributed by atoms with Crippen LogP contribution in [-0.4, -0.2) is 72.5 Å². The maximum Gasteiger partial charge on any atom is 0.322 e. The van der Waals surface area contributed by atoms with Gasteiger partial charge in [0.05, 0.1) is 6.04 Å². The topological polar surface area (TPSA) is 65.1 Å². The molecule has 0 bridgehead atoms. The molecule has 5 rings (SSSR count). The zero-order chi connectivity index (χ0) is 28.8. The fourth-order valence-corrected chi connectivity index (χ4v) is 6.66. The Labute approximate surface area is 252 Å². The molecule has 0 saturated carbocycles. The summed E-state index contributed by atoms with van der Waals surface area (Å²) in [5, 5.41) is 5.57. The molecule has 0 radical (unpaired) electrons. The number of hydrogen-bond acceptors (Lipinski definition) is 5. The van der Waals surface area contributed by atoms with E-state index in [1.807, 2.05) is 17.0 Å². The van der Waals surface area contributed by atoms with Gasteiger partial charge in [0.2, 0.25) is 5.91 Å². The Balaban J connectivity index is 1.30. The first kappa shape index (κ1) is 29.4. The van der Waals surface area contributed by atoms with Crippen molar-refractivity contribution in [3.05, 3.63) is 81.0 Å². The maximum atomic E-state index is 13.9. The van der Waals surface area contributed by atoms with E-state index < -0.39 is 0 Å². The van der Waals surface area contributed by atoms with Crippen molar-refractivity contribution < 1.29 is 14.3 Å². The van der Waals surface area contributed by atoms with Crippen LogP contribution in [0.4, 0.5) is 10.5 Å². The van der Waals surface area contributed by atoms with E-state index in [0.717, 1.165) is 37.4 Å². The summed E-state index contributed by atoms with van der Waals surface area (Å²) in [6.45, 7) is 8.57. The van der Waals surface area contributed by atoms with Crippen LogP contribution in [-0.2, 0) is 11.2 Å². The predicted molar refractivity (Wildman–Crippen MR) is 166 cm³/mol. The average molecular weight is 595 g/mol. The minimum absolute atomic E-state index is 0.000699. The monoisotopic (exact) mass is 594 g/mol. The number of nitrogens with zero attached hydrogens (tertiary/aromatic N) is 3. The predicted octanol–water partition coefficient (Wildman–Crippen LogP) is 6.66. The molecule has 2 aliphatic rings. The molecule has 1 fully saturated rings. The Hall–Kier alpha value is -3.07. The van der Waals surface area contributed by atoms with Gasteiger partial charge in [-0.15, -0.1) is 11.3 Å². The summed E-state index contributed by atoms with van der Waals surface area (Å²) >= 11 is 7.87.